The molecule has 0 radical (unpaired) electrons. The van der Waals surface area contributed by atoms with Crippen molar-refractivity contribution in [1.29, 1.82) is 0 Å². The Balaban J connectivity index is 1.67. The standard InChI is InChI=1S/C25H27ClN4O5/c1-16-8-9-30(29-13-17-4-3-5-21(10-17)35-2)24(32)22(16)12-23(31)27-15-19-11-20(26)7-6-18(19)14-28-25(33)34/h3-11,28-29H,12-15H2,1-2H3,(H,27,31)(H,33,34). The molecule has 3 aromatic rings. The summed E-state index contributed by atoms with van der Waals surface area (Å²) in [6.45, 7) is 2.40. The van der Waals surface area contributed by atoms with Crippen LogP contribution in [0.3, 0.4) is 0 Å². The van der Waals surface area contributed by atoms with Gasteiger partial charge >= 0.3 is 6.09 Å². The number of ether oxygens (including phenoxy) is 1. The second-order valence-electron chi connectivity index (χ2n) is 7.86. The molecule has 2 amide bonds. The Morgan fingerprint density at radius 2 is 1.80 bits per heavy atom. The number of halogens is 1. The fourth-order valence-electron chi connectivity index (χ4n) is 3.49. The largest absolute Gasteiger partial charge is 0.497 e. The van der Waals surface area contributed by atoms with E-state index < -0.39 is 6.09 Å². The number of carbonyl (C=O) groups is 2. The van der Waals surface area contributed by atoms with Gasteiger partial charge in [0.05, 0.1) is 20.1 Å². The molecule has 0 bridgehead atoms. The molecule has 2 aromatic carbocycles. The minimum absolute atomic E-state index is 0.0825. The lowest BCUT2D eigenvalue weighted by atomic mass is 10.1. The summed E-state index contributed by atoms with van der Waals surface area (Å²) in [7, 11) is 1.59. The maximum Gasteiger partial charge on any atom is 0.404 e. The molecule has 9 nitrogen and oxygen atoms in total. The number of amides is 2. The number of methoxy groups -OCH3 is 1. The first-order chi connectivity index (χ1) is 16.8. The van der Waals surface area contributed by atoms with Gasteiger partial charge in [-0.3, -0.25) is 9.59 Å². The predicted molar refractivity (Wildman–Crippen MR) is 133 cm³/mol. The molecule has 0 fully saturated rings. The summed E-state index contributed by atoms with van der Waals surface area (Å²) < 4.78 is 6.59. The first kappa shape index (κ1) is 25.6. The summed E-state index contributed by atoms with van der Waals surface area (Å²) in [6.07, 6.45) is 0.383. The molecule has 0 aliphatic carbocycles. The Morgan fingerprint density at radius 3 is 2.54 bits per heavy atom. The second kappa shape index (κ2) is 11.9. The zero-order valence-electron chi connectivity index (χ0n) is 19.4. The van der Waals surface area contributed by atoms with Crippen LogP contribution in [0.1, 0.15) is 27.8 Å². The first-order valence-electron chi connectivity index (χ1n) is 10.9. The molecule has 0 aliphatic rings. The Kier molecular flexibility index (Phi) is 8.74. The number of benzene rings is 2. The van der Waals surface area contributed by atoms with Gasteiger partial charge in [-0.25, -0.2) is 9.47 Å². The molecule has 3 rings (SSSR count). The molecule has 184 valence electrons. The maximum atomic E-state index is 13.0. The maximum absolute atomic E-state index is 13.0. The molecule has 10 heteroatoms. The van der Waals surface area contributed by atoms with Crippen LogP contribution in [0, 0.1) is 6.92 Å². The number of hydrogen-bond donors (Lipinski definition) is 4. The van der Waals surface area contributed by atoms with Crippen molar-refractivity contribution in [2.45, 2.75) is 33.0 Å². The monoisotopic (exact) mass is 498 g/mol. The van der Waals surface area contributed by atoms with Crippen molar-refractivity contribution in [3.8, 4) is 5.75 Å². The molecule has 4 N–H and O–H groups in total. The number of rotatable bonds is 10. The number of nitrogens with one attached hydrogen (secondary N) is 3. The van der Waals surface area contributed by atoms with Gasteiger partial charge in [-0.2, -0.15) is 0 Å². The average molecular weight is 499 g/mol. The van der Waals surface area contributed by atoms with Crippen molar-refractivity contribution in [3.05, 3.63) is 97.9 Å². The Bertz CT molecular complexity index is 1270. The van der Waals surface area contributed by atoms with Crippen LogP contribution in [0.25, 0.3) is 0 Å². The Labute approximate surface area is 207 Å². The first-order valence-corrected chi connectivity index (χ1v) is 11.2. The molecule has 1 heterocycles. The Hall–Kier alpha value is -3.98. The highest BCUT2D eigenvalue weighted by molar-refractivity contribution is 6.30. The third-order valence-corrected chi connectivity index (χ3v) is 5.66. The van der Waals surface area contributed by atoms with E-state index >= 15 is 0 Å². The van der Waals surface area contributed by atoms with Crippen molar-refractivity contribution in [1.82, 2.24) is 15.3 Å². The zero-order chi connectivity index (χ0) is 25.4. The van der Waals surface area contributed by atoms with Crippen LogP contribution in [0.2, 0.25) is 5.02 Å². The molecule has 0 saturated carbocycles. The lowest BCUT2D eigenvalue weighted by molar-refractivity contribution is -0.120. The summed E-state index contributed by atoms with van der Waals surface area (Å²) >= 11 is 6.07. The number of carboxylic acid groups (broad SMARTS) is 1. The third kappa shape index (κ3) is 7.25. The quantitative estimate of drug-likeness (QED) is 0.340. The molecule has 0 spiro atoms. The van der Waals surface area contributed by atoms with E-state index in [-0.39, 0.29) is 31.0 Å². The number of aromatic nitrogens is 1. The van der Waals surface area contributed by atoms with Gasteiger partial charge in [-0.05, 0) is 59.5 Å². The molecular weight excluding hydrogens is 472 g/mol. The highest BCUT2D eigenvalue weighted by atomic mass is 35.5. The van der Waals surface area contributed by atoms with Gasteiger partial charge in [0, 0.05) is 29.9 Å². The van der Waals surface area contributed by atoms with E-state index in [2.05, 4.69) is 16.1 Å². The predicted octanol–water partition coefficient (Wildman–Crippen LogP) is 3.19. The topological polar surface area (TPSA) is 122 Å². The number of hydrogen-bond acceptors (Lipinski definition) is 5. The summed E-state index contributed by atoms with van der Waals surface area (Å²) in [4.78, 5) is 36.5. The molecule has 35 heavy (non-hydrogen) atoms. The summed E-state index contributed by atoms with van der Waals surface area (Å²) in [5.74, 6) is 0.382. The molecular formula is C25H27ClN4O5. The van der Waals surface area contributed by atoms with Gasteiger partial charge in [0.25, 0.3) is 5.56 Å². The van der Waals surface area contributed by atoms with Crippen molar-refractivity contribution >= 4 is 23.6 Å². The third-order valence-electron chi connectivity index (χ3n) is 5.43. The second-order valence-corrected chi connectivity index (χ2v) is 8.30. The van der Waals surface area contributed by atoms with E-state index in [0.29, 0.717) is 33.8 Å². The van der Waals surface area contributed by atoms with Crippen LogP contribution in [0.5, 0.6) is 5.75 Å². The van der Waals surface area contributed by atoms with Crippen molar-refractivity contribution in [2.24, 2.45) is 0 Å². The van der Waals surface area contributed by atoms with Crippen molar-refractivity contribution in [2.75, 3.05) is 12.5 Å². The van der Waals surface area contributed by atoms with Gasteiger partial charge in [0.1, 0.15) is 5.75 Å². The molecule has 1 aromatic heterocycles. The van der Waals surface area contributed by atoms with E-state index in [0.717, 1.165) is 11.3 Å². The smallest absolute Gasteiger partial charge is 0.404 e. The van der Waals surface area contributed by atoms with Crippen LogP contribution in [-0.4, -0.2) is 28.9 Å². The SMILES string of the molecule is COc1cccc(CNn2ccc(C)c(CC(=O)NCc3cc(Cl)ccc3CNC(=O)O)c2=O)c1. The van der Waals surface area contributed by atoms with Gasteiger partial charge < -0.3 is 25.9 Å². The van der Waals surface area contributed by atoms with Gasteiger partial charge in [-0.15, -0.1) is 0 Å². The highest BCUT2D eigenvalue weighted by Crippen LogP contribution is 2.16. The summed E-state index contributed by atoms with van der Waals surface area (Å²) in [5.41, 5.74) is 6.15. The summed E-state index contributed by atoms with van der Waals surface area (Å²) in [5, 5.41) is 14.4. The number of pyridine rings is 1. The van der Waals surface area contributed by atoms with Gasteiger partial charge in [0.2, 0.25) is 5.91 Å². The van der Waals surface area contributed by atoms with Crippen molar-refractivity contribution in [3.63, 3.8) is 0 Å². The van der Waals surface area contributed by atoms with E-state index in [4.69, 9.17) is 21.4 Å². The number of nitrogens with zero attached hydrogens (tertiary/aromatic N) is 1. The fourth-order valence-corrected chi connectivity index (χ4v) is 3.68. The van der Waals surface area contributed by atoms with Crippen LogP contribution in [0.4, 0.5) is 4.79 Å². The van der Waals surface area contributed by atoms with E-state index in [1.165, 1.54) is 4.68 Å². The average Bonchev–Trinajstić information content (AvgIpc) is 2.84. The van der Waals surface area contributed by atoms with Crippen LogP contribution >= 0.6 is 11.6 Å². The van der Waals surface area contributed by atoms with Gasteiger partial charge in [0.15, 0.2) is 0 Å². The number of aryl methyl sites for hydroxylation is 1. The number of carbonyl (C=O) groups excluding carboxylic acids is 1. The van der Waals surface area contributed by atoms with E-state index in [1.54, 1.807) is 44.5 Å². The van der Waals surface area contributed by atoms with Gasteiger partial charge in [-0.1, -0.05) is 29.8 Å². The zero-order valence-corrected chi connectivity index (χ0v) is 20.2. The lowest BCUT2D eigenvalue weighted by Gasteiger charge is -2.14. The molecule has 0 unspecified atom stereocenters. The van der Waals surface area contributed by atoms with E-state index in [9.17, 15) is 14.4 Å². The molecule has 0 atom stereocenters. The normalized spacial score (nSPS) is 10.5. The van der Waals surface area contributed by atoms with Crippen LogP contribution in [0.15, 0.2) is 59.5 Å². The fraction of sp³-hybridized carbons (Fsp3) is 0.240. The minimum atomic E-state index is -1.15. The lowest BCUT2D eigenvalue weighted by Crippen LogP contribution is -2.34. The Morgan fingerprint density at radius 1 is 1.03 bits per heavy atom. The van der Waals surface area contributed by atoms with Crippen molar-refractivity contribution < 1.29 is 19.4 Å². The summed E-state index contributed by atoms with van der Waals surface area (Å²) in [6, 6.07) is 14.3. The van der Waals surface area contributed by atoms with E-state index in [1.807, 2.05) is 24.3 Å². The molecule has 0 saturated heterocycles. The molecule has 0 aliphatic heterocycles. The highest BCUT2D eigenvalue weighted by Gasteiger charge is 2.13. The van der Waals surface area contributed by atoms with Crippen LogP contribution in [-0.2, 0) is 30.8 Å². The minimum Gasteiger partial charge on any atom is -0.497 e. The van der Waals surface area contributed by atoms with Crippen LogP contribution < -0.4 is 26.4 Å².